The van der Waals surface area contributed by atoms with Crippen LogP contribution in [-0.4, -0.2) is 34.5 Å². The molecule has 0 aliphatic rings. The van der Waals surface area contributed by atoms with Crippen LogP contribution in [0.4, 0.5) is 0 Å². The van der Waals surface area contributed by atoms with E-state index in [1.165, 1.54) is 6.92 Å². The first-order chi connectivity index (χ1) is 12.0. The molecule has 0 saturated carbocycles. The predicted molar refractivity (Wildman–Crippen MR) is 92.4 cm³/mol. The Balaban J connectivity index is 1.97. The molecule has 0 aliphatic carbocycles. The van der Waals surface area contributed by atoms with Gasteiger partial charge in [0.2, 0.25) is 5.91 Å². The Hall–Kier alpha value is -2.83. The van der Waals surface area contributed by atoms with Gasteiger partial charge in [-0.3, -0.25) is 14.4 Å². The number of H-pyrrole nitrogens is 1. The maximum Gasteiger partial charge on any atom is 0.311 e. The third kappa shape index (κ3) is 5.63. The van der Waals surface area contributed by atoms with Crippen LogP contribution in [0.2, 0.25) is 0 Å². The minimum Gasteiger partial charge on any atom is -0.481 e. The van der Waals surface area contributed by atoms with E-state index < -0.39 is 5.97 Å². The summed E-state index contributed by atoms with van der Waals surface area (Å²) in [6.45, 7) is 2.01. The number of hydrogen-bond donors (Lipinski definition) is 3. The molecule has 0 bridgehead atoms. The number of carboxylic acids is 1. The number of carbonyl (C=O) groups excluding carboxylic acids is 2. The lowest BCUT2D eigenvalue weighted by atomic mass is 10.1. The van der Waals surface area contributed by atoms with Gasteiger partial charge in [-0.25, -0.2) is 0 Å². The zero-order valence-corrected chi connectivity index (χ0v) is 14.1. The van der Waals surface area contributed by atoms with Crippen LogP contribution in [0.3, 0.4) is 0 Å². The molecule has 1 heterocycles. The van der Waals surface area contributed by atoms with Crippen LogP contribution in [-0.2, 0) is 20.8 Å². The first-order valence-corrected chi connectivity index (χ1v) is 8.23. The number of carbonyl (C=O) groups is 3. The second-order valence-corrected chi connectivity index (χ2v) is 5.80. The highest BCUT2D eigenvalue weighted by atomic mass is 16.5. The molecule has 0 fully saturated rings. The van der Waals surface area contributed by atoms with Gasteiger partial charge < -0.3 is 20.1 Å². The Morgan fingerprint density at radius 3 is 2.68 bits per heavy atom. The second-order valence-electron chi connectivity index (χ2n) is 5.80. The van der Waals surface area contributed by atoms with Crippen molar-refractivity contribution in [3.8, 4) is 5.75 Å². The molecule has 0 saturated heterocycles. The molecular formula is C18H22N2O5. The maximum atomic E-state index is 11.9. The number of aromatic nitrogens is 1. The smallest absolute Gasteiger partial charge is 0.311 e. The highest BCUT2D eigenvalue weighted by Gasteiger charge is 2.12. The molecule has 134 valence electrons. The van der Waals surface area contributed by atoms with Gasteiger partial charge in [-0.05, 0) is 30.9 Å². The summed E-state index contributed by atoms with van der Waals surface area (Å²) in [5, 5.41) is 12.3. The van der Waals surface area contributed by atoms with Gasteiger partial charge in [-0.1, -0.05) is 12.1 Å². The van der Waals surface area contributed by atoms with E-state index in [-0.39, 0.29) is 24.7 Å². The summed E-state index contributed by atoms with van der Waals surface area (Å²) in [7, 11) is 0. The lowest BCUT2D eigenvalue weighted by molar-refractivity contribution is -0.138. The maximum absolute atomic E-state index is 11.9. The molecule has 7 heteroatoms. The summed E-state index contributed by atoms with van der Waals surface area (Å²) in [4.78, 5) is 36.4. The normalized spacial score (nSPS) is 10.6. The number of aliphatic carboxylic acids is 1. The Morgan fingerprint density at radius 1 is 1.20 bits per heavy atom. The number of amides is 1. The molecule has 0 radical (unpaired) electrons. The molecule has 1 amide bonds. The van der Waals surface area contributed by atoms with Crippen molar-refractivity contribution in [1.29, 1.82) is 0 Å². The Labute approximate surface area is 145 Å². The number of esters is 1. The van der Waals surface area contributed by atoms with Crippen molar-refractivity contribution < 1.29 is 24.2 Å². The van der Waals surface area contributed by atoms with Crippen molar-refractivity contribution >= 4 is 28.7 Å². The number of aromatic amines is 1. The van der Waals surface area contributed by atoms with E-state index in [0.29, 0.717) is 31.6 Å². The summed E-state index contributed by atoms with van der Waals surface area (Å²) in [5.74, 6) is -0.868. The van der Waals surface area contributed by atoms with Gasteiger partial charge in [0.05, 0.1) is 5.52 Å². The highest BCUT2D eigenvalue weighted by molar-refractivity contribution is 5.90. The quantitative estimate of drug-likeness (QED) is 0.367. The van der Waals surface area contributed by atoms with E-state index in [2.05, 4.69) is 10.3 Å². The van der Waals surface area contributed by atoms with Gasteiger partial charge >= 0.3 is 11.9 Å². The SMILES string of the molecule is CC(=O)NCCc1c[nH]c2c(OC(=O)CCCCC(=O)O)cccc12. The van der Waals surface area contributed by atoms with Crippen LogP contribution in [0.5, 0.6) is 5.75 Å². The Kier molecular flexibility index (Phi) is 6.56. The molecule has 0 unspecified atom stereocenters. The van der Waals surface area contributed by atoms with Crippen LogP contribution in [0.25, 0.3) is 10.9 Å². The van der Waals surface area contributed by atoms with Crippen molar-refractivity contribution in [3.05, 3.63) is 30.0 Å². The lowest BCUT2D eigenvalue weighted by Crippen LogP contribution is -2.22. The first-order valence-electron chi connectivity index (χ1n) is 8.23. The molecule has 0 aliphatic heterocycles. The number of fused-ring (bicyclic) bond motifs is 1. The zero-order valence-electron chi connectivity index (χ0n) is 14.1. The Bertz CT molecular complexity index is 766. The first kappa shape index (κ1) is 18.5. The molecule has 1 aromatic carbocycles. The average Bonchev–Trinajstić information content (AvgIpc) is 2.95. The number of benzene rings is 1. The van der Waals surface area contributed by atoms with Crippen LogP contribution in [0.1, 0.15) is 38.2 Å². The van der Waals surface area contributed by atoms with Gasteiger partial charge in [-0.2, -0.15) is 0 Å². The van der Waals surface area contributed by atoms with Crippen LogP contribution in [0, 0.1) is 0 Å². The Morgan fingerprint density at radius 2 is 1.96 bits per heavy atom. The summed E-state index contributed by atoms with van der Waals surface area (Å²) in [6, 6.07) is 5.45. The monoisotopic (exact) mass is 346 g/mol. The number of hydrogen-bond acceptors (Lipinski definition) is 4. The van der Waals surface area contributed by atoms with Gasteiger partial charge in [0, 0.05) is 37.9 Å². The van der Waals surface area contributed by atoms with Crippen molar-refractivity contribution in [2.24, 2.45) is 0 Å². The van der Waals surface area contributed by atoms with Gasteiger partial charge in [0.1, 0.15) is 0 Å². The van der Waals surface area contributed by atoms with Crippen molar-refractivity contribution in [2.75, 3.05) is 6.54 Å². The number of para-hydroxylation sites is 1. The number of rotatable bonds is 9. The van der Waals surface area contributed by atoms with Gasteiger partial charge in [0.15, 0.2) is 5.75 Å². The molecular weight excluding hydrogens is 324 g/mol. The van der Waals surface area contributed by atoms with E-state index in [9.17, 15) is 14.4 Å². The molecule has 0 atom stereocenters. The molecule has 7 nitrogen and oxygen atoms in total. The zero-order chi connectivity index (χ0) is 18.2. The topological polar surface area (TPSA) is 108 Å². The fourth-order valence-corrected chi connectivity index (χ4v) is 2.57. The summed E-state index contributed by atoms with van der Waals surface area (Å²) in [6.07, 6.45) is 3.68. The van der Waals surface area contributed by atoms with Crippen LogP contribution < -0.4 is 10.1 Å². The molecule has 0 spiro atoms. The lowest BCUT2D eigenvalue weighted by Gasteiger charge is -2.06. The summed E-state index contributed by atoms with van der Waals surface area (Å²) < 4.78 is 5.40. The fraction of sp³-hybridized carbons (Fsp3) is 0.389. The minimum atomic E-state index is -0.865. The van der Waals surface area contributed by atoms with Gasteiger partial charge in [0.25, 0.3) is 0 Å². The molecule has 2 rings (SSSR count). The number of nitrogens with one attached hydrogen (secondary N) is 2. The van der Waals surface area contributed by atoms with E-state index in [1.54, 1.807) is 6.07 Å². The third-order valence-corrected chi connectivity index (χ3v) is 3.78. The second kappa shape index (κ2) is 8.86. The number of unbranched alkanes of at least 4 members (excludes halogenated alkanes) is 1. The van der Waals surface area contributed by atoms with Crippen LogP contribution >= 0.6 is 0 Å². The average molecular weight is 346 g/mol. The van der Waals surface area contributed by atoms with Crippen molar-refractivity contribution in [1.82, 2.24) is 10.3 Å². The molecule has 2 aromatic rings. The van der Waals surface area contributed by atoms with Crippen molar-refractivity contribution in [2.45, 2.75) is 39.0 Å². The van der Waals surface area contributed by atoms with Crippen LogP contribution in [0.15, 0.2) is 24.4 Å². The standard InChI is InChI=1S/C18H22N2O5/c1-12(21)19-10-9-13-11-20-18-14(13)5-4-6-15(18)25-17(24)8-3-2-7-16(22)23/h4-6,11,20H,2-3,7-10H2,1H3,(H,19,21)(H,22,23). The van der Waals surface area contributed by atoms with E-state index >= 15 is 0 Å². The summed E-state index contributed by atoms with van der Waals surface area (Å²) in [5.41, 5.74) is 1.77. The highest BCUT2D eigenvalue weighted by Crippen LogP contribution is 2.28. The summed E-state index contributed by atoms with van der Waals surface area (Å²) >= 11 is 0. The molecule has 25 heavy (non-hydrogen) atoms. The predicted octanol–water partition coefficient (Wildman–Crippen LogP) is 2.40. The molecule has 3 N–H and O–H groups in total. The van der Waals surface area contributed by atoms with Gasteiger partial charge in [-0.15, -0.1) is 0 Å². The van der Waals surface area contributed by atoms with E-state index in [4.69, 9.17) is 9.84 Å². The fourth-order valence-electron chi connectivity index (χ4n) is 2.57. The number of carboxylic acid groups (broad SMARTS) is 1. The largest absolute Gasteiger partial charge is 0.481 e. The van der Waals surface area contributed by atoms with E-state index in [1.807, 2.05) is 18.3 Å². The number of ether oxygens (including phenoxy) is 1. The third-order valence-electron chi connectivity index (χ3n) is 3.78. The molecule has 1 aromatic heterocycles. The van der Waals surface area contributed by atoms with E-state index in [0.717, 1.165) is 16.5 Å². The van der Waals surface area contributed by atoms with Crippen molar-refractivity contribution in [3.63, 3.8) is 0 Å². The minimum absolute atomic E-state index is 0.0527.